The maximum atomic E-state index is 12.0. The fourth-order valence-electron chi connectivity index (χ4n) is 2.56. The molecule has 1 aliphatic rings. The number of carbonyl (C=O) groups excluding carboxylic acids is 1. The summed E-state index contributed by atoms with van der Waals surface area (Å²) in [5.74, 6) is 1.61. The Kier molecular flexibility index (Phi) is 6.28. The van der Waals surface area contributed by atoms with Crippen LogP contribution in [-0.2, 0) is 11.2 Å². The number of benzene rings is 1. The lowest BCUT2D eigenvalue weighted by molar-refractivity contribution is -0.118. The highest BCUT2D eigenvalue weighted by Crippen LogP contribution is 2.32. The zero-order valence-electron chi connectivity index (χ0n) is 15.6. The van der Waals surface area contributed by atoms with Crippen molar-refractivity contribution >= 4 is 23.4 Å². The van der Waals surface area contributed by atoms with Gasteiger partial charge in [0.05, 0.1) is 5.75 Å². The van der Waals surface area contributed by atoms with Crippen molar-refractivity contribution in [1.29, 1.82) is 0 Å². The molecule has 0 aliphatic carbocycles. The second-order valence-corrected chi connectivity index (χ2v) is 7.23. The van der Waals surface area contributed by atoms with Crippen LogP contribution in [0.5, 0.6) is 11.5 Å². The Morgan fingerprint density at radius 3 is 2.70 bits per heavy atom. The third-order valence-corrected chi connectivity index (χ3v) is 4.73. The molecule has 8 heteroatoms. The van der Waals surface area contributed by atoms with E-state index in [1.165, 1.54) is 11.8 Å². The molecule has 7 nitrogen and oxygen atoms in total. The Labute approximate surface area is 162 Å². The first-order valence-corrected chi connectivity index (χ1v) is 9.64. The summed E-state index contributed by atoms with van der Waals surface area (Å²) < 4.78 is 10.7. The van der Waals surface area contributed by atoms with Crippen molar-refractivity contribution in [1.82, 2.24) is 15.4 Å². The third kappa shape index (κ3) is 5.68. The number of nitrogens with zero attached hydrogens (tertiary/aromatic N) is 3. The van der Waals surface area contributed by atoms with E-state index in [4.69, 9.17) is 9.47 Å². The molecule has 0 radical (unpaired) electrons. The Hall–Kier alpha value is -2.61. The van der Waals surface area contributed by atoms with E-state index in [0.29, 0.717) is 5.16 Å². The quantitative estimate of drug-likeness (QED) is 0.341. The van der Waals surface area contributed by atoms with Crippen molar-refractivity contribution in [2.24, 2.45) is 5.10 Å². The number of fused-ring (bicyclic) bond motifs is 1. The summed E-state index contributed by atoms with van der Waals surface area (Å²) in [6.45, 7) is 5.99. The van der Waals surface area contributed by atoms with Gasteiger partial charge < -0.3 is 9.47 Å². The molecule has 1 aromatic carbocycles. The van der Waals surface area contributed by atoms with Gasteiger partial charge >= 0.3 is 0 Å². The first-order chi connectivity index (χ1) is 13.0. The third-order valence-electron chi connectivity index (χ3n) is 3.88. The van der Waals surface area contributed by atoms with E-state index < -0.39 is 0 Å². The molecular formula is C19H22N4O3S. The molecule has 0 unspecified atom stereocenters. The van der Waals surface area contributed by atoms with E-state index in [1.807, 2.05) is 45.0 Å². The average molecular weight is 386 g/mol. The SMILES string of the molecule is C/C(CCc1ccc2c(c1)OCO2)=N\NC(=O)CSc1nc(C)cc(C)n1. The van der Waals surface area contributed by atoms with Gasteiger partial charge in [0.15, 0.2) is 16.7 Å². The van der Waals surface area contributed by atoms with Crippen molar-refractivity contribution < 1.29 is 14.3 Å². The minimum atomic E-state index is -0.176. The molecule has 2 aromatic rings. The highest BCUT2D eigenvalue weighted by molar-refractivity contribution is 7.99. The molecule has 1 aliphatic heterocycles. The molecule has 27 heavy (non-hydrogen) atoms. The number of amides is 1. The van der Waals surface area contributed by atoms with Gasteiger partial charge in [-0.1, -0.05) is 17.8 Å². The predicted molar refractivity (Wildman–Crippen MR) is 104 cm³/mol. The van der Waals surface area contributed by atoms with Crippen LogP contribution in [-0.4, -0.2) is 34.1 Å². The highest BCUT2D eigenvalue weighted by atomic mass is 32.2. The van der Waals surface area contributed by atoms with Gasteiger partial charge in [-0.25, -0.2) is 15.4 Å². The molecule has 1 N–H and O–H groups in total. The molecule has 0 fully saturated rings. The number of hydrogen-bond acceptors (Lipinski definition) is 7. The van der Waals surface area contributed by atoms with Crippen LogP contribution in [0.15, 0.2) is 34.5 Å². The molecule has 1 aromatic heterocycles. The summed E-state index contributed by atoms with van der Waals surface area (Å²) in [7, 11) is 0. The van der Waals surface area contributed by atoms with Crippen LogP contribution in [0.4, 0.5) is 0 Å². The van der Waals surface area contributed by atoms with Crippen LogP contribution in [0.1, 0.15) is 30.3 Å². The lowest BCUT2D eigenvalue weighted by Gasteiger charge is -2.05. The number of hydrazone groups is 1. The van der Waals surface area contributed by atoms with Crippen LogP contribution < -0.4 is 14.9 Å². The lowest BCUT2D eigenvalue weighted by Crippen LogP contribution is -2.21. The maximum absolute atomic E-state index is 12.0. The molecule has 0 atom stereocenters. The van der Waals surface area contributed by atoms with Gasteiger partial charge in [-0.2, -0.15) is 5.10 Å². The lowest BCUT2D eigenvalue weighted by atomic mass is 10.1. The second-order valence-electron chi connectivity index (χ2n) is 6.29. The van der Waals surface area contributed by atoms with Crippen molar-refractivity contribution in [3.63, 3.8) is 0 Å². The van der Waals surface area contributed by atoms with Crippen LogP contribution in [0.2, 0.25) is 0 Å². The molecule has 0 bridgehead atoms. The molecule has 3 rings (SSSR count). The summed E-state index contributed by atoms with van der Waals surface area (Å²) in [6.07, 6.45) is 1.56. The van der Waals surface area contributed by atoms with E-state index in [0.717, 1.165) is 47.0 Å². The normalized spacial score (nSPS) is 12.9. The van der Waals surface area contributed by atoms with Gasteiger partial charge in [0.2, 0.25) is 6.79 Å². The second kappa shape index (κ2) is 8.85. The fourth-order valence-corrected chi connectivity index (χ4v) is 3.30. The number of nitrogens with one attached hydrogen (secondary N) is 1. The zero-order chi connectivity index (χ0) is 19.2. The summed E-state index contributed by atoms with van der Waals surface area (Å²) >= 11 is 1.30. The summed E-state index contributed by atoms with van der Waals surface area (Å²) in [5, 5.41) is 4.77. The predicted octanol–water partition coefficient (Wildman–Crippen LogP) is 3.04. The molecule has 0 saturated heterocycles. The van der Waals surface area contributed by atoms with Crippen LogP contribution in [0, 0.1) is 13.8 Å². The average Bonchev–Trinajstić information content (AvgIpc) is 3.10. The number of thioether (sulfide) groups is 1. The molecule has 2 heterocycles. The van der Waals surface area contributed by atoms with E-state index in [2.05, 4.69) is 20.5 Å². The summed E-state index contributed by atoms with van der Waals surface area (Å²) in [4.78, 5) is 20.6. The van der Waals surface area contributed by atoms with Gasteiger partial charge in [-0.05, 0) is 57.4 Å². The van der Waals surface area contributed by atoms with Gasteiger partial charge in [0.25, 0.3) is 5.91 Å². The summed E-state index contributed by atoms with van der Waals surface area (Å²) in [5.41, 5.74) is 6.37. The Morgan fingerprint density at radius 1 is 1.19 bits per heavy atom. The number of aryl methyl sites for hydroxylation is 3. The topological polar surface area (TPSA) is 85.7 Å². The fraction of sp³-hybridized carbons (Fsp3) is 0.368. The van der Waals surface area contributed by atoms with Gasteiger partial charge in [-0.3, -0.25) is 4.79 Å². The Morgan fingerprint density at radius 2 is 1.93 bits per heavy atom. The van der Waals surface area contributed by atoms with E-state index in [1.54, 1.807) is 0 Å². The first kappa shape index (κ1) is 19.2. The summed E-state index contributed by atoms with van der Waals surface area (Å²) in [6, 6.07) is 7.81. The molecular weight excluding hydrogens is 364 g/mol. The number of ether oxygens (including phenoxy) is 2. The van der Waals surface area contributed by atoms with E-state index >= 15 is 0 Å². The number of aromatic nitrogens is 2. The zero-order valence-corrected chi connectivity index (χ0v) is 16.4. The maximum Gasteiger partial charge on any atom is 0.250 e. The van der Waals surface area contributed by atoms with Crippen LogP contribution >= 0.6 is 11.8 Å². The van der Waals surface area contributed by atoms with Crippen molar-refractivity contribution in [2.75, 3.05) is 12.5 Å². The molecule has 0 spiro atoms. The molecule has 142 valence electrons. The largest absolute Gasteiger partial charge is 0.454 e. The minimum absolute atomic E-state index is 0.176. The smallest absolute Gasteiger partial charge is 0.250 e. The Bertz CT molecular complexity index is 850. The molecule has 1 amide bonds. The monoisotopic (exact) mass is 386 g/mol. The van der Waals surface area contributed by atoms with Gasteiger partial charge in [-0.15, -0.1) is 0 Å². The number of hydrogen-bond donors (Lipinski definition) is 1. The van der Waals surface area contributed by atoms with E-state index in [-0.39, 0.29) is 18.5 Å². The van der Waals surface area contributed by atoms with Gasteiger partial charge in [0, 0.05) is 17.1 Å². The number of rotatable bonds is 7. The standard InChI is InChI=1S/C19H22N4O3S/c1-12(4-5-15-6-7-16-17(9-15)26-11-25-16)22-23-18(24)10-27-19-20-13(2)8-14(3)21-19/h6-9H,4-5,10-11H2,1-3H3,(H,23,24)/b22-12+. The minimum Gasteiger partial charge on any atom is -0.454 e. The first-order valence-electron chi connectivity index (χ1n) is 8.65. The Balaban J connectivity index is 1.43. The van der Waals surface area contributed by atoms with E-state index in [9.17, 15) is 4.79 Å². The van der Waals surface area contributed by atoms with Crippen molar-refractivity contribution in [3.05, 3.63) is 41.2 Å². The van der Waals surface area contributed by atoms with Crippen LogP contribution in [0.25, 0.3) is 0 Å². The van der Waals surface area contributed by atoms with Gasteiger partial charge in [0.1, 0.15) is 0 Å². The van der Waals surface area contributed by atoms with Crippen molar-refractivity contribution in [2.45, 2.75) is 38.8 Å². The van der Waals surface area contributed by atoms with Crippen molar-refractivity contribution in [3.8, 4) is 11.5 Å². The highest BCUT2D eigenvalue weighted by Gasteiger charge is 2.13. The van der Waals surface area contributed by atoms with Crippen LogP contribution in [0.3, 0.4) is 0 Å². The number of carbonyl (C=O) groups is 1. The molecule has 0 saturated carbocycles.